The molecule has 62 valence electrons. The first-order chi connectivity index (χ1) is 5.77. The number of carbonyl (C=O) groups is 1. The van der Waals surface area contributed by atoms with E-state index in [9.17, 15) is 4.79 Å². The van der Waals surface area contributed by atoms with Gasteiger partial charge in [0.1, 0.15) is 0 Å². The van der Waals surface area contributed by atoms with Gasteiger partial charge in [-0.25, -0.2) is 0 Å². The summed E-state index contributed by atoms with van der Waals surface area (Å²) in [5, 5.41) is 0.369. The molecule has 0 atom stereocenters. The van der Waals surface area contributed by atoms with Crippen molar-refractivity contribution >= 4 is 27.8 Å². The van der Waals surface area contributed by atoms with Crippen molar-refractivity contribution in [1.29, 1.82) is 0 Å². The van der Waals surface area contributed by atoms with Crippen molar-refractivity contribution in [3.8, 4) is 0 Å². The minimum atomic E-state index is 0.0960. The highest BCUT2D eigenvalue weighted by Crippen LogP contribution is 2.07. The van der Waals surface area contributed by atoms with Crippen LogP contribution >= 0.6 is 15.9 Å². The van der Waals surface area contributed by atoms with Gasteiger partial charge in [-0.05, 0) is 11.6 Å². The maximum atomic E-state index is 11.2. The topological polar surface area (TPSA) is 17.1 Å². The third-order valence-corrected chi connectivity index (χ3v) is 2.07. The number of halogens is 1. The zero-order valence-electron chi connectivity index (χ0n) is 6.59. The Bertz CT molecular complexity index is 304. The highest BCUT2D eigenvalue weighted by atomic mass is 79.9. The third-order valence-electron chi connectivity index (χ3n) is 1.57. The average Bonchev–Trinajstić information content (AvgIpc) is 2.17. The Kier molecular flexibility index (Phi) is 3.23. The third kappa shape index (κ3) is 2.05. The van der Waals surface area contributed by atoms with Crippen molar-refractivity contribution in [3.05, 3.63) is 42.0 Å². The summed E-state index contributed by atoms with van der Waals surface area (Å²) in [7, 11) is 0. The van der Waals surface area contributed by atoms with Gasteiger partial charge in [0.2, 0.25) is 0 Å². The van der Waals surface area contributed by atoms with Crippen molar-refractivity contribution in [2.24, 2.45) is 0 Å². The van der Waals surface area contributed by atoms with Gasteiger partial charge in [0.15, 0.2) is 5.78 Å². The van der Waals surface area contributed by atoms with Gasteiger partial charge in [-0.1, -0.05) is 46.8 Å². The number of hydrogen-bond donors (Lipinski definition) is 0. The van der Waals surface area contributed by atoms with Gasteiger partial charge in [-0.15, -0.1) is 0 Å². The molecule has 1 aromatic rings. The summed E-state index contributed by atoms with van der Waals surface area (Å²) < 4.78 is 0. The highest BCUT2D eigenvalue weighted by Gasteiger charge is 2.02. The van der Waals surface area contributed by atoms with Crippen LogP contribution in [-0.4, -0.2) is 11.1 Å². The summed E-state index contributed by atoms with van der Waals surface area (Å²) >= 11 is 3.12. The lowest BCUT2D eigenvalue weighted by Gasteiger charge is -1.97. The summed E-state index contributed by atoms with van der Waals surface area (Å²) in [6.45, 7) is 3.63. The van der Waals surface area contributed by atoms with E-state index in [2.05, 4.69) is 22.5 Å². The average molecular weight is 225 g/mol. The first kappa shape index (κ1) is 9.20. The Hall–Kier alpha value is -0.890. The number of benzene rings is 1. The van der Waals surface area contributed by atoms with Gasteiger partial charge < -0.3 is 0 Å². The summed E-state index contributed by atoms with van der Waals surface area (Å²) in [6.07, 6.45) is 1.73. The molecule has 1 rings (SSSR count). The Balaban J connectivity index is 3.01. The smallest absolute Gasteiger partial charge is 0.173 e. The standard InChI is InChI=1S/C10H9BrO/c1-2-8-4-3-5-9(6-8)10(12)7-11/h2-6H,1,7H2. The van der Waals surface area contributed by atoms with Crippen molar-refractivity contribution in [2.45, 2.75) is 0 Å². The molecule has 2 heteroatoms. The first-order valence-electron chi connectivity index (χ1n) is 3.59. The number of rotatable bonds is 3. The fourth-order valence-electron chi connectivity index (χ4n) is 0.916. The van der Waals surface area contributed by atoms with E-state index in [0.29, 0.717) is 5.33 Å². The van der Waals surface area contributed by atoms with Crippen molar-refractivity contribution in [1.82, 2.24) is 0 Å². The zero-order valence-corrected chi connectivity index (χ0v) is 8.17. The van der Waals surface area contributed by atoms with E-state index in [0.717, 1.165) is 11.1 Å². The molecule has 0 heterocycles. The minimum absolute atomic E-state index is 0.0960. The van der Waals surface area contributed by atoms with Crippen LogP contribution in [0, 0.1) is 0 Å². The van der Waals surface area contributed by atoms with Crippen LogP contribution in [0.25, 0.3) is 6.08 Å². The van der Waals surface area contributed by atoms with E-state index in [4.69, 9.17) is 0 Å². The van der Waals surface area contributed by atoms with Crippen LogP contribution in [0.1, 0.15) is 15.9 Å². The number of ketones is 1. The molecule has 0 unspecified atom stereocenters. The SMILES string of the molecule is C=Cc1cccc(C(=O)CBr)c1. The Morgan fingerprint density at radius 1 is 1.58 bits per heavy atom. The van der Waals surface area contributed by atoms with Crippen LogP contribution in [0.4, 0.5) is 0 Å². The monoisotopic (exact) mass is 224 g/mol. The van der Waals surface area contributed by atoms with Crippen LogP contribution < -0.4 is 0 Å². The van der Waals surface area contributed by atoms with Gasteiger partial charge in [-0.2, -0.15) is 0 Å². The zero-order chi connectivity index (χ0) is 8.97. The van der Waals surface area contributed by atoms with E-state index >= 15 is 0 Å². The molecule has 0 bridgehead atoms. The predicted octanol–water partition coefficient (Wildman–Crippen LogP) is 2.91. The van der Waals surface area contributed by atoms with E-state index in [1.165, 1.54) is 0 Å². The van der Waals surface area contributed by atoms with E-state index in [1.807, 2.05) is 18.2 Å². The molecule has 12 heavy (non-hydrogen) atoms. The predicted molar refractivity (Wildman–Crippen MR) is 54.7 cm³/mol. The number of hydrogen-bond acceptors (Lipinski definition) is 1. The quantitative estimate of drug-likeness (QED) is 0.571. The minimum Gasteiger partial charge on any atom is -0.293 e. The molecule has 0 saturated carbocycles. The molecule has 0 radical (unpaired) electrons. The van der Waals surface area contributed by atoms with Crippen LogP contribution in [0.5, 0.6) is 0 Å². The molecule has 0 aliphatic carbocycles. The second kappa shape index (κ2) is 4.21. The Labute approximate surface area is 80.2 Å². The van der Waals surface area contributed by atoms with Gasteiger partial charge in [-0.3, -0.25) is 4.79 Å². The maximum absolute atomic E-state index is 11.2. The normalized spacial score (nSPS) is 9.42. The summed E-state index contributed by atoms with van der Waals surface area (Å²) in [5.41, 5.74) is 1.70. The second-order valence-electron chi connectivity index (χ2n) is 2.39. The van der Waals surface area contributed by atoms with Crippen LogP contribution in [0.3, 0.4) is 0 Å². The largest absolute Gasteiger partial charge is 0.293 e. The van der Waals surface area contributed by atoms with E-state index in [-0.39, 0.29) is 5.78 Å². The molecule has 0 amide bonds. The number of carbonyl (C=O) groups excluding carboxylic acids is 1. The lowest BCUT2D eigenvalue weighted by Crippen LogP contribution is -1.99. The fraction of sp³-hybridized carbons (Fsp3) is 0.100. The van der Waals surface area contributed by atoms with E-state index < -0.39 is 0 Å². The first-order valence-corrected chi connectivity index (χ1v) is 4.71. The molecule has 1 aromatic carbocycles. The lowest BCUT2D eigenvalue weighted by atomic mass is 10.1. The Morgan fingerprint density at radius 2 is 2.33 bits per heavy atom. The fourth-order valence-corrected chi connectivity index (χ4v) is 1.24. The second-order valence-corrected chi connectivity index (χ2v) is 2.95. The van der Waals surface area contributed by atoms with E-state index in [1.54, 1.807) is 12.1 Å². The summed E-state index contributed by atoms with van der Waals surface area (Å²) in [5.74, 6) is 0.0960. The molecular formula is C10H9BrO. The molecule has 0 spiro atoms. The molecule has 0 saturated heterocycles. The van der Waals surface area contributed by atoms with Crippen LogP contribution in [0.15, 0.2) is 30.8 Å². The number of alkyl halides is 1. The highest BCUT2D eigenvalue weighted by molar-refractivity contribution is 9.09. The molecule has 0 fully saturated rings. The molecule has 0 N–H and O–H groups in total. The lowest BCUT2D eigenvalue weighted by molar-refractivity contribution is 0.102. The van der Waals surface area contributed by atoms with Gasteiger partial charge in [0.05, 0.1) is 5.33 Å². The summed E-state index contributed by atoms with van der Waals surface area (Å²) in [6, 6.07) is 7.40. The number of Topliss-reactive ketones (excluding diaryl/α,β-unsaturated/α-hetero) is 1. The van der Waals surface area contributed by atoms with Gasteiger partial charge in [0, 0.05) is 5.56 Å². The molecule has 0 aromatic heterocycles. The molecule has 0 aliphatic rings. The van der Waals surface area contributed by atoms with Crippen LogP contribution in [-0.2, 0) is 0 Å². The van der Waals surface area contributed by atoms with Crippen LogP contribution in [0.2, 0.25) is 0 Å². The maximum Gasteiger partial charge on any atom is 0.173 e. The van der Waals surface area contributed by atoms with Gasteiger partial charge in [0.25, 0.3) is 0 Å². The Morgan fingerprint density at radius 3 is 2.92 bits per heavy atom. The molecular weight excluding hydrogens is 216 g/mol. The van der Waals surface area contributed by atoms with Crippen molar-refractivity contribution in [2.75, 3.05) is 5.33 Å². The van der Waals surface area contributed by atoms with Crippen molar-refractivity contribution in [3.63, 3.8) is 0 Å². The summed E-state index contributed by atoms with van der Waals surface area (Å²) in [4.78, 5) is 11.2. The molecule has 1 nitrogen and oxygen atoms in total. The van der Waals surface area contributed by atoms with Gasteiger partial charge >= 0.3 is 0 Å². The molecule has 0 aliphatic heterocycles. The van der Waals surface area contributed by atoms with Crippen molar-refractivity contribution < 1.29 is 4.79 Å².